The lowest BCUT2D eigenvalue weighted by molar-refractivity contribution is 1.17. The molecule has 0 saturated heterocycles. The standard InChI is InChI=1S/C15H15N3S/c1-10-5-7-19-15(10)9-18-14-3-2-13(16)12-8-17-6-4-11(12)14/h2-8,18H,9,16H2,1H3. The molecule has 0 bridgehead atoms. The van der Waals surface area contributed by atoms with Crippen molar-refractivity contribution in [1.29, 1.82) is 0 Å². The Morgan fingerprint density at radius 1 is 1.21 bits per heavy atom. The zero-order valence-corrected chi connectivity index (χ0v) is 11.5. The van der Waals surface area contributed by atoms with E-state index in [0.717, 1.165) is 28.7 Å². The fraction of sp³-hybridized carbons (Fsp3) is 0.133. The molecule has 3 nitrogen and oxygen atoms in total. The van der Waals surface area contributed by atoms with Crippen molar-refractivity contribution < 1.29 is 0 Å². The van der Waals surface area contributed by atoms with Crippen molar-refractivity contribution in [3.8, 4) is 0 Å². The number of hydrogen-bond acceptors (Lipinski definition) is 4. The summed E-state index contributed by atoms with van der Waals surface area (Å²) < 4.78 is 0. The average Bonchev–Trinajstić information content (AvgIpc) is 2.84. The number of nitrogens with two attached hydrogens (primary N) is 1. The molecule has 2 aromatic heterocycles. The summed E-state index contributed by atoms with van der Waals surface area (Å²) in [6.45, 7) is 2.98. The molecule has 3 aromatic rings. The van der Waals surface area contributed by atoms with Crippen molar-refractivity contribution in [2.75, 3.05) is 11.1 Å². The lowest BCUT2D eigenvalue weighted by Gasteiger charge is -2.10. The first kappa shape index (κ1) is 12.0. The quantitative estimate of drug-likeness (QED) is 0.711. The smallest absolute Gasteiger partial charge is 0.0497 e. The fourth-order valence-electron chi connectivity index (χ4n) is 2.13. The van der Waals surface area contributed by atoms with Gasteiger partial charge in [-0.1, -0.05) is 0 Å². The molecule has 3 N–H and O–H groups in total. The van der Waals surface area contributed by atoms with Crippen molar-refractivity contribution in [1.82, 2.24) is 4.98 Å². The van der Waals surface area contributed by atoms with Crippen LogP contribution in [0.5, 0.6) is 0 Å². The number of hydrogen-bond donors (Lipinski definition) is 2. The summed E-state index contributed by atoms with van der Waals surface area (Å²) in [5, 5.41) is 7.72. The molecule has 0 unspecified atom stereocenters. The maximum absolute atomic E-state index is 5.97. The van der Waals surface area contributed by atoms with Gasteiger partial charge >= 0.3 is 0 Å². The maximum atomic E-state index is 5.97. The molecule has 0 aliphatic rings. The highest BCUT2D eigenvalue weighted by atomic mass is 32.1. The molecular weight excluding hydrogens is 254 g/mol. The van der Waals surface area contributed by atoms with E-state index in [1.165, 1.54) is 10.4 Å². The maximum Gasteiger partial charge on any atom is 0.0497 e. The van der Waals surface area contributed by atoms with Gasteiger partial charge in [0.2, 0.25) is 0 Å². The molecule has 4 heteroatoms. The molecule has 1 aromatic carbocycles. The number of anilines is 2. The number of aryl methyl sites for hydroxylation is 1. The molecule has 0 radical (unpaired) electrons. The first-order chi connectivity index (χ1) is 9.25. The highest BCUT2D eigenvalue weighted by Gasteiger charge is 2.05. The van der Waals surface area contributed by atoms with Crippen LogP contribution < -0.4 is 11.1 Å². The van der Waals surface area contributed by atoms with Crippen LogP contribution in [-0.4, -0.2) is 4.98 Å². The van der Waals surface area contributed by atoms with Gasteiger partial charge in [0.1, 0.15) is 0 Å². The molecule has 0 atom stereocenters. The molecular formula is C15H15N3S. The van der Waals surface area contributed by atoms with Crippen molar-refractivity contribution in [2.45, 2.75) is 13.5 Å². The topological polar surface area (TPSA) is 50.9 Å². The molecule has 2 heterocycles. The second-order valence-corrected chi connectivity index (χ2v) is 5.50. The van der Waals surface area contributed by atoms with Crippen LogP contribution in [0.1, 0.15) is 10.4 Å². The van der Waals surface area contributed by atoms with Crippen LogP contribution >= 0.6 is 11.3 Å². The second-order valence-electron chi connectivity index (χ2n) is 4.50. The fourth-order valence-corrected chi connectivity index (χ4v) is 2.97. The Morgan fingerprint density at radius 3 is 2.89 bits per heavy atom. The van der Waals surface area contributed by atoms with Crippen LogP contribution in [0.3, 0.4) is 0 Å². The molecule has 0 aliphatic heterocycles. The summed E-state index contributed by atoms with van der Waals surface area (Å²) in [4.78, 5) is 5.49. The lowest BCUT2D eigenvalue weighted by atomic mass is 10.1. The molecule has 3 rings (SSSR count). The number of pyridine rings is 1. The summed E-state index contributed by atoms with van der Waals surface area (Å²) in [7, 11) is 0. The Kier molecular flexibility index (Phi) is 3.09. The predicted molar refractivity (Wildman–Crippen MR) is 82.5 cm³/mol. The van der Waals surface area contributed by atoms with Crippen LogP contribution in [0.2, 0.25) is 0 Å². The Hall–Kier alpha value is -2.07. The number of nitrogens with one attached hydrogen (secondary N) is 1. The number of fused-ring (bicyclic) bond motifs is 1. The van der Waals surface area contributed by atoms with Crippen LogP contribution in [0, 0.1) is 6.92 Å². The number of benzene rings is 1. The first-order valence-electron chi connectivity index (χ1n) is 6.15. The highest BCUT2D eigenvalue weighted by molar-refractivity contribution is 7.10. The molecule has 0 aliphatic carbocycles. The Balaban J connectivity index is 1.93. The Morgan fingerprint density at radius 2 is 2.11 bits per heavy atom. The van der Waals surface area contributed by atoms with Gasteiger partial charge in [0.15, 0.2) is 0 Å². The van der Waals surface area contributed by atoms with E-state index in [9.17, 15) is 0 Å². The van der Waals surface area contributed by atoms with Crippen LogP contribution in [0.15, 0.2) is 42.0 Å². The van der Waals surface area contributed by atoms with Gasteiger partial charge in [0.05, 0.1) is 0 Å². The minimum atomic E-state index is 0.765. The molecule has 0 saturated carbocycles. The van der Waals surface area contributed by atoms with E-state index in [-0.39, 0.29) is 0 Å². The number of aromatic nitrogens is 1. The van der Waals surface area contributed by atoms with E-state index in [2.05, 4.69) is 28.7 Å². The van der Waals surface area contributed by atoms with Crippen molar-refractivity contribution in [2.24, 2.45) is 0 Å². The molecule has 0 fully saturated rings. The van der Waals surface area contributed by atoms with Crippen molar-refractivity contribution in [3.05, 3.63) is 52.5 Å². The van der Waals surface area contributed by atoms with Crippen LogP contribution in [-0.2, 0) is 6.54 Å². The normalized spacial score (nSPS) is 10.8. The third kappa shape index (κ3) is 2.27. The van der Waals surface area contributed by atoms with Gasteiger partial charge in [0, 0.05) is 46.0 Å². The van der Waals surface area contributed by atoms with Crippen LogP contribution in [0.4, 0.5) is 11.4 Å². The Bertz CT molecular complexity index is 718. The number of rotatable bonds is 3. The van der Waals surface area contributed by atoms with E-state index in [4.69, 9.17) is 5.73 Å². The molecule has 19 heavy (non-hydrogen) atoms. The summed E-state index contributed by atoms with van der Waals surface area (Å²) in [5.41, 5.74) is 9.17. The zero-order chi connectivity index (χ0) is 13.2. The predicted octanol–water partition coefficient (Wildman–Crippen LogP) is 3.80. The average molecular weight is 269 g/mol. The van der Waals surface area contributed by atoms with E-state index in [0.29, 0.717) is 0 Å². The van der Waals surface area contributed by atoms with Gasteiger partial charge in [-0.2, -0.15) is 0 Å². The van der Waals surface area contributed by atoms with Crippen LogP contribution in [0.25, 0.3) is 10.8 Å². The third-order valence-corrected chi connectivity index (χ3v) is 4.28. The lowest BCUT2D eigenvalue weighted by Crippen LogP contribution is -2.00. The van der Waals surface area contributed by atoms with Gasteiger partial charge in [-0.05, 0) is 42.1 Å². The molecule has 96 valence electrons. The number of thiophene rings is 1. The number of nitrogen functional groups attached to an aromatic ring is 1. The van der Waals surface area contributed by atoms with Gasteiger partial charge in [0.25, 0.3) is 0 Å². The SMILES string of the molecule is Cc1ccsc1CNc1ccc(N)c2cnccc12. The van der Waals surface area contributed by atoms with E-state index >= 15 is 0 Å². The summed E-state index contributed by atoms with van der Waals surface area (Å²) in [6.07, 6.45) is 3.61. The summed E-state index contributed by atoms with van der Waals surface area (Å²) in [6, 6.07) is 8.09. The van der Waals surface area contributed by atoms with E-state index in [1.54, 1.807) is 17.5 Å². The van der Waals surface area contributed by atoms with Gasteiger partial charge < -0.3 is 11.1 Å². The van der Waals surface area contributed by atoms with Gasteiger partial charge in [-0.15, -0.1) is 11.3 Å². The summed E-state index contributed by atoms with van der Waals surface area (Å²) in [5.74, 6) is 0. The van der Waals surface area contributed by atoms with E-state index < -0.39 is 0 Å². The van der Waals surface area contributed by atoms with Gasteiger partial charge in [-0.3, -0.25) is 4.98 Å². The molecule has 0 amide bonds. The minimum absolute atomic E-state index is 0.765. The largest absolute Gasteiger partial charge is 0.398 e. The third-order valence-electron chi connectivity index (χ3n) is 3.26. The van der Waals surface area contributed by atoms with Gasteiger partial charge in [-0.25, -0.2) is 0 Å². The number of nitrogens with zero attached hydrogens (tertiary/aromatic N) is 1. The Labute approximate surface area is 116 Å². The highest BCUT2D eigenvalue weighted by Crippen LogP contribution is 2.28. The molecule has 0 spiro atoms. The first-order valence-corrected chi connectivity index (χ1v) is 7.03. The van der Waals surface area contributed by atoms with Crippen molar-refractivity contribution >= 4 is 33.5 Å². The van der Waals surface area contributed by atoms with E-state index in [1.807, 2.05) is 24.4 Å². The minimum Gasteiger partial charge on any atom is -0.398 e. The zero-order valence-electron chi connectivity index (χ0n) is 10.7. The monoisotopic (exact) mass is 269 g/mol. The second kappa shape index (κ2) is 4.90. The van der Waals surface area contributed by atoms with Crippen molar-refractivity contribution in [3.63, 3.8) is 0 Å². The summed E-state index contributed by atoms with van der Waals surface area (Å²) >= 11 is 1.78.